The smallest absolute Gasteiger partial charge is 0.338 e. The van der Waals surface area contributed by atoms with Gasteiger partial charge in [0.25, 0.3) is 0 Å². The van der Waals surface area contributed by atoms with E-state index in [1.807, 2.05) is 19.1 Å². The van der Waals surface area contributed by atoms with Crippen molar-refractivity contribution in [1.29, 1.82) is 0 Å². The molecule has 0 fully saturated rings. The second kappa shape index (κ2) is 7.34. The number of rotatable bonds is 4. The van der Waals surface area contributed by atoms with Gasteiger partial charge in [0.2, 0.25) is 0 Å². The molecule has 0 saturated heterocycles. The zero-order valence-corrected chi connectivity index (χ0v) is 15.6. The first-order chi connectivity index (χ1) is 12.3. The maximum Gasteiger partial charge on any atom is 0.338 e. The highest BCUT2D eigenvalue weighted by Gasteiger charge is 2.12. The zero-order chi connectivity index (χ0) is 18.8. The van der Waals surface area contributed by atoms with Crippen molar-refractivity contribution in [2.75, 3.05) is 0 Å². The van der Waals surface area contributed by atoms with E-state index in [1.54, 1.807) is 24.3 Å². The minimum absolute atomic E-state index is 0.0355. The lowest BCUT2D eigenvalue weighted by Gasteiger charge is -2.09. The van der Waals surface area contributed by atoms with Crippen molar-refractivity contribution in [3.8, 4) is 0 Å². The van der Waals surface area contributed by atoms with Crippen molar-refractivity contribution in [3.05, 3.63) is 80.2 Å². The minimum Gasteiger partial charge on any atom is -0.457 e. The topological polar surface area (TPSA) is 56.5 Å². The first kappa shape index (κ1) is 18.2. The Morgan fingerprint density at radius 1 is 1.15 bits per heavy atom. The van der Waals surface area contributed by atoms with E-state index in [9.17, 15) is 9.59 Å². The zero-order valence-electron chi connectivity index (χ0n) is 14.8. The van der Waals surface area contributed by atoms with Gasteiger partial charge >= 0.3 is 11.6 Å². The fourth-order valence-electron chi connectivity index (χ4n) is 2.70. The van der Waals surface area contributed by atoms with Crippen LogP contribution in [0.15, 0.2) is 51.7 Å². The summed E-state index contributed by atoms with van der Waals surface area (Å²) >= 11 is 6.17. The Morgan fingerprint density at radius 2 is 1.85 bits per heavy atom. The predicted molar refractivity (Wildman–Crippen MR) is 102 cm³/mol. The molecule has 0 saturated carbocycles. The van der Waals surface area contributed by atoms with E-state index < -0.39 is 11.6 Å². The lowest BCUT2D eigenvalue weighted by atomic mass is 10.0. The summed E-state index contributed by atoms with van der Waals surface area (Å²) in [6.45, 7) is 5.97. The second-order valence-corrected chi connectivity index (χ2v) is 6.95. The van der Waals surface area contributed by atoms with Crippen LogP contribution in [0.1, 0.15) is 46.8 Å². The summed E-state index contributed by atoms with van der Waals surface area (Å²) < 4.78 is 10.6. The maximum absolute atomic E-state index is 12.3. The first-order valence-electron chi connectivity index (χ1n) is 8.35. The van der Waals surface area contributed by atoms with E-state index in [4.69, 9.17) is 20.8 Å². The Labute approximate surface area is 156 Å². The van der Waals surface area contributed by atoms with E-state index in [-0.39, 0.29) is 6.61 Å². The van der Waals surface area contributed by atoms with E-state index in [0.29, 0.717) is 33.0 Å². The number of esters is 1. The summed E-state index contributed by atoms with van der Waals surface area (Å²) in [5, 5.41) is 1.21. The quantitative estimate of drug-likeness (QED) is 0.465. The highest BCUT2D eigenvalue weighted by molar-refractivity contribution is 6.32. The SMILES string of the molecule is Cc1cc2oc(=O)cc(COC(=O)c3ccc(C(C)C)cc3)c2cc1Cl. The maximum atomic E-state index is 12.3. The number of ether oxygens (including phenoxy) is 1. The Bertz CT molecular complexity index is 1020. The van der Waals surface area contributed by atoms with Gasteiger partial charge in [-0.2, -0.15) is 0 Å². The van der Waals surface area contributed by atoms with Gasteiger partial charge in [-0.05, 0) is 48.2 Å². The molecule has 0 aliphatic carbocycles. The number of hydrogen-bond acceptors (Lipinski definition) is 4. The summed E-state index contributed by atoms with van der Waals surface area (Å²) in [6, 6.07) is 12.1. The minimum atomic E-state index is -0.494. The number of carbonyl (C=O) groups is 1. The largest absolute Gasteiger partial charge is 0.457 e. The molecule has 1 aromatic heterocycles. The van der Waals surface area contributed by atoms with Gasteiger partial charge < -0.3 is 9.15 Å². The molecule has 0 aliphatic rings. The third-order valence-electron chi connectivity index (χ3n) is 4.28. The van der Waals surface area contributed by atoms with Crippen molar-refractivity contribution in [1.82, 2.24) is 0 Å². The fourth-order valence-corrected chi connectivity index (χ4v) is 2.86. The number of aryl methyl sites for hydroxylation is 1. The Kier molecular flexibility index (Phi) is 5.14. The third-order valence-corrected chi connectivity index (χ3v) is 4.69. The lowest BCUT2D eigenvalue weighted by Crippen LogP contribution is -2.08. The van der Waals surface area contributed by atoms with Crippen molar-refractivity contribution < 1.29 is 13.9 Å². The average molecular weight is 371 g/mol. The van der Waals surface area contributed by atoms with Crippen LogP contribution in [-0.2, 0) is 11.3 Å². The molecule has 5 heteroatoms. The number of carbonyl (C=O) groups excluding carboxylic acids is 1. The van der Waals surface area contributed by atoms with Gasteiger partial charge in [-0.15, -0.1) is 0 Å². The molecule has 0 amide bonds. The monoisotopic (exact) mass is 370 g/mol. The molecule has 0 N–H and O–H groups in total. The molecule has 26 heavy (non-hydrogen) atoms. The summed E-state index contributed by atoms with van der Waals surface area (Å²) in [5.74, 6) is -0.0527. The highest BCUT2D eigenvalue weighted by Crippen LogP contribution is 2.25. The Balaban J connectivity index is 1.84. The molecule has 0 atom stereocenters. The third kappa shape index (κ3) is 3.81. The number of hydrogen-bond donors (Lipinski definition) is 0. The molecule has 1 heterocycles. The lowest BCUT2D eigenvalue weighted by molar-refractivity contribution is 0.0474. The summed E-state index contributed by atoms with van der Waals surface area (Å²) in [6.07, 6.45) is 0. The van der Waals surface area contributed by atoms with Crippen molar-refractivity contribution in [2.45, 2.75) is 33.3 Å². The van der Waals surface area contributed by atoms with Gasteiger partial charge in [-0.3, -0.25) is 0 Å². The molecule has 0 aliphatic heterocycles. The average Bonchev–Trinajstić information content (AvgIpc) is 2.61. The molecule has 0 unspecified atom stereocenters. The Hall–Kier alpha value is -2.59. The molecule has 0 bridgehead atoms. The van der Waals surface area contributed by atoms with Crippen LogP contribution >= 0.6 is 11.6 Å². The van der Waals surface area contributed by atoms with Crippen molar-refractivity contribution in [2.24, 2.45) is 0 Å². The van der Waals surface area contributed by atoms with Crippen LogP contribution in [0.25, 0.3) is 11.0 Å². The van der Waals surface area contributed by atoms with Gasteiger partial charge in [0.05, 0.1) is 5.56 Å². The molecular formula is C21H19ClO4. The summed E-state index contributed by atoms with van der Waals surface area (Å²) in [4.78, 5) is 24.1. The van der Waals surface area contributed by atoms with E-state index in [1.165, 1.54) is 6.07 Å². The van der Waals surface area contributed by atoms with Crippen LogP contribution in [0.3, 0.4) is 0 Å². The molecule has 4 nitrogen and oxygen atoms in total. The molecule has 2 aromatic carbocycles. The normalized spacial score (nSPS) is 11.1. The molecular weight excluding hydrogens is 352 g/mol. The Morgan fingerprint density at radius 3 is 2.50 bits per heavy atom. The first-order valence-corrected chi connectivity index (χ1v) is 8.73. The standard InChI is InChI=1S/C21H19ClO4/c1-12(2)14-4-6-15(7-5-14)21(24)25-11-16-9-20(23)26-19-8-13(3)18(22)10-17(16)19/h4-10,12H,11H2,1-3H3. The van der Waals surface area contributed by atoms with E-state index in [0.717, 1.165) is 11.1 Å². The van der Waals surface area contributed by atoms with Crippen LogP contribution in [0.4, 0.5) is 0 Å². The predicted octanol–water partition coefficient (Wildman–Crippen LogP) is 5.24. The molecule has 0 radical (unpaired) electrons. The number of fused-ring (bicyclic) bond motifs is 1. The van der Waals surface area contributed by atoms with Crippen LogP contribution in [0.2, 0.25) is 5.02 Å². The molecule has 3 rings (SSSR count). The van der Waals surface area contributed by atoms with Crippen LogP contribution in [0, 0.1) is 6.92 Å². The number of halogens is 1. The van der Waals surface area contributed by atoms with Gasteiger partial charge in [-0.1, -0.05) is 37.6 Å². The molecule has 134 valence electrons. The van der Waals surface area contributed by atoms with Crippen molar-refractivity contribution >= 4 is 28.5 Å². The van der Waals surface area contributed by atoms with Gasteiger partial charge in [-0.25, -0.2) is 9.59 Å². The van der Waals surface area contributed by atoms with E-state index in [2.05, 4.69) is 13.8 Å². The van der Waals surface area contributed by atoms with Crippen LogP contribution in [0.5, 0.6) is 0 Å². The summed E-state index contributed by atoms with van der Waals surface area (Å²) in [5.41, 5.74) is 2.92. The van der Waals surface area contributed by atoms with E-state index >= 15 is 0 Å². The second-order valence-electron chi connectivity index (χ2n) is 6.54. The summed E-state index contributed by atoms with van der Waals surface area (Å²) in [7, 11) is 0. The highest BCUT2D eigenvalue weighted by atomic mass is 35.5. The van der Waals surface area contributed by atoms with Gasteiger partial charge in [0.15, 0.2) is 0 Å². The van der Waals surface area contributed by atoms with Crippen LogP contribution in [-0.4, -0.2) is 5.97 Å². The van der Waals surface area contributed by atoms with Crippen LogP contribution < -0.4 is 5.63 Å². The van der Waals surface area contributed by atoms with Crippen molar-refractivity contribution in [3.63, 3.8) is 0 Å². The van der Waals surface area contributed by atoms with Gasteiger partial charge in [0.1, 0.15) is 12.2 Å². The molecule has 0 spiro atoms. The molecule has 3 aromatic rings. The fraction of sp³-hybridized carbons (Fsp3) is 0.238. The van der Waals surface area contributed by atoms with Gasteiger partial charge in [0, 0.05) is 22.0 Å². The number of benzene rings is 2.